The average molecular weight is 325 g/mol. The first-order chi connectivity index (χ1) is 11.5. The van der Waals surface area contributed by atoms with Crippen LogP contribution in [0.2, 0.25) is 0 Å². The lowest BCUT2D eigenvalue weighted by atomic mass is 10.2. The van der Waals surface area contributed by atoms with Crippen molar-refractivity contribution in [2.45, 2.75) is 33.4 Å². The van der Waals surface area contributed by atoms with Gasteiger partial charge in [0, 0.05) is 17.3 Å². The van der Waals surface area contributed by atoms with Crippen LogP contribution >= 0.6 is 0 Å². The molecule has 2 aromatic heterocycles. The Labute approximate surface area is 139 Å². The number of carbonyl (C=O) groups is 1. The van der Waals surface area contributed by atoms with Gasteiger partial charge < -0.3 is 5.32 Å². The number of hydrogen-bond acceptors (Lipinski definition) is 5. The molecule has 1 N–H and O–H groups in total. The molecule has 0 aliphatic heterocycles. The van der Waals surface area contributed by atoms with Gasteiger partial charge in [-0.15, -0.1) is 5.10 Å². The first-order valence-corrected chi connectivity index (χ1v) is 7.68. The molecule has 0 aliphatic carbocycles. The highest BCUT2D eigenvalue weighted by molar-refractivity contribution is 5.94. The second kappa shape index (κ2) is 6.61. The number of nitrogens with one attached hydrogen (secondary N) is 1. The van der Waals surface area contributed by atoms with Gasteiger partial charge in [0.2, 0.25) is 0 Å². The van der Waals surface area contributed by atoms with Gasteiger partial charge in [-0.2, -0.15) is 5.10 Å². The van der Waals surface area contributed by atoms with E-state index in [0.29, 0.717) is 12.1 Å². The van der Waals surface area contributed by atoms with Crippen LogP contribution in [0, 0.1) is 13.8 Å². The molecule has 24 heavy (non-hydrogen) atoms. The molecule has 3 aromatic rings. The van der Waals surface area contributed by atoms with Crippen molar-refractivity contribution in [3.63, 3.8) is 0 Å². The predicted molar refractivity (Wildman–Crippen MR) is 87.8 cm³/mol. The molecule has 1 atom stereocenters. The largest absolute Gasteiger partial charge is 0.348 e. The van der Waals surface area contributed by atoms with E-state index in [9.17, 15) is 4.79 Å². The van der Waals surface area contributed by atoms with Gasteiger partial charge in [0.1, 0.15) is 6.33 Å². The van der Waals surface area contributed by atoms with Gasteiger partial charge in [0.15, 0.2) is 0 Å². The van der Waals surface area contributed by atoms with E-state index in [1.54, 1.807) is 24.3 Å². The maximum atomic E-state index is 12.3. The Kier molecular flexibility index (Phi) is 4.37. The van der Waals surface area contributed by atoms with Crippen molar-refractivity contribution in [3.8, 4) is 5.69 Å². The average Bonchev–Trinajstić information content (AvgIpc) is 3.18. The van der Waals surface area contributed by atoms with Gasteiger partial charge in [0.25, 0.3) is 5.91 Å². The van der Waals surface area contributed by atoms with Crippen LogP contribution < -0.4 is 5.32 Å². The van der Waals surface area contributed by atoms with E-state index in [-0.39, 0.29) is 11.9 Å². The van der Waals surface area contributed by atoms with Crippen LogP contribution in [0.4, 0.5) is 0 Å². The normalized spacial score (nSPS) is 12.1. The first kappa shape index (κ1) is 15.9. The van der Waals surface area contributed by atoms with Crippen LogP contribution in [0.15, 0.2) is 36.7 Å². The highest BCUT2D eigenvalue weighted by Gasteiger charge is 2.12. The molecule has 3 rings (SSSR count). The lowest BCUT2D eigenvalue weighted by Crippen LogP contribution is -2.36. The molecular formula is C16H19N7O. The molecule has 0 fully saturated rings. The quantitative estimate of drug-likeness (QED) is 0.763. The van der Waals surface area contributed by atoms with Crippen molar-refractivity contribution in [1.82, 2.24) is 35.3 Å². The second-order valence-electron chi connectivity index (χ2n) is 5.78. The molecular weight excluding hydrogens is 306 g/mol. The zero-order valence-corrected chi connectivity index (χ0v) is 13.8. The first-order valence-electron chi connectivity index (χ1n) is 7.68. The van der Waals surface area contributed by atoms with Crippen LogP contribution in [0.3, 0.4) is 0 Å². The fourth-order valence-electron chi connectivity index (χ4n) is 2.52. The smallest absolute Gasteiger partial charge is 0.251 e. The summed E-state index contributed by atoms with van der Waals surface area (Å²) < 4.78 is 3.44. The third kappa shape index (κ3) is 3.48. The summed E-state index contributed by atoms with van der Waals surface area (Å²) in [6.07, 6.45) is 1.51. The Morgan fingerprint density at radius 3 is 2.58 bits per heavy atom. The van der Waals surface area contributed by atoms with Crippen molar-refractivity contribution >= 4 is 5.91 Å². The number of benzene rings is 1. The molecule has 0 radical (unpaired) electrons. The fraction of sp³-hybridized carbons (Fsp3) is 0.312. The summed E-state index contributed by atoms with van der Waals surface area (Å²) >= 11 is 0. The van der Waals surface area contributed by atoms with Crippen molar-refractivity contribution in [2.24, 2.45) is 0 Å². The van der Waals surface area contributed by atoms with Crippen LogP contribution in [0.1, 0.15) is 28.7 Å². The summed E-state index contributed by atoms with van der Waals surface area (Å²) in [6, 6.07) is 9.10. The fourth-order valence-corrected chi connectivity index (χ4v) is 2.52. The molecule has 124 valence electrons. The molecule has 0 bridgehead atoms. The van der Waals surface area contributed by atoms with Gasteiger partial charge in [-0.1, -0.05) is 0 Å². The maximum Gasteiger partial charge on any atom is 0.251 e. The summed E-state index contributed by atoms with van der Waals surface area (Å²) in [7, 11) is 0. The Balaban J connectivity index is 1.63. The lowest BCUT2D eigenvalue weighted by molar-refractivity contribution is 0.0936. The van der Waals surface area contributed by atoms with E-state index in [0.717, 1.165) is 17.1 Å². The number of rotatable bonds is 5. The van der Waals surface area contributed by atoms with E-state index >= 15 is 0 Å². The minimum absolute atomic E-state index is 0.0327. The molecule has 0 aliphatic rings. The molecule has 1 amide bonds. The van der Waals surface area contributed by atoms with E-state index in [4.69, 9.17) is 0 Å². The predicted octanol–water partition coefficient (Wildman–Crippen LogP) is 1.29. The van der Waals surface area contributed by atoms with Crippen LogP contribution in [0.5, 0.6) is 0 Å². The summed E-state index contributed by atoms with van der Waals surface area (Å²) in [5, 5.41) is 18.4. The van der Waals surface area contributed by atoms with Crippen LogP contribution in [0.25, 0.3) is 5.69 Å². The van der Waals surface area contributed by atoms with E-state index in [1.165, 1.54) is 11.0 Å². The van der Waals surface area contributed by atoms with Crippen molar-refractivity contribution in [2.75, 3.05) is 0 Å². The highest BCUT2D eigenvalue weighted by Crippen LogP contribution is 2.08. The van der Waals surface area contributed by atoms with E-state index in [2.05, 4.69) is 25.9 Å². The van der Waals surface area contributed by atoms with Gasteiger partial charge in [-0.05, 0) is 61.5 Å². The molecule has 8 heteroatoms. The molecule has 1 aromatic carbocycles. The number of carbonyl (C=O) groups excluding carboxylic acids is 1. The minimum atomic E-state index is -0.118. The topological polar surface area (TPSA) is 90.5 Å². The Morgan fingerprint density at radius 1 is 1.25 bits per heavy atom. The Morgan fingerprint density at radius 2 is 2.00 bits per heavy atom. The third-order valence-corrected chi connectivity index (χ3v) is 3.67. The number of nitrogens with zero attached hydrogens (tertiary/aromatic N) is 6. The SMILES string of the molecule is Cc1cc(C)n(C[C@@H](C)NC(=O)c2ccc(-n3cnnn3)cc2)n1. The number of hydrogen-bond donors (Lipinski definition) is 1. The maximum absolute atomic E-state index is 12.3. The van der Waals surface area contributed by atoms with Gasteiger partial charge in [0.05, 0.1) is 17.9 Å². The molecule has 2 heterocycles. The third-order valence-electron chi connectivity index (χ3n) is 3.67. The van der Waals surface area contributed by atoms with Gasteiger partial charge >= 0.3 is 0 Å². The monoisotopic (exact) mass is 325 g/mol. The van der Waals surface area contributed by atoms with Crippen LogP contribution in [-0.2, 0) is 6.54 Å². The molecule has 0 spiro atoms. The standard InChI is InChI=1S/C16H19N7O/c1-11-8-13(3)22(19-11)9-12(2)18-16(24)14-4-6-15(7-5-14)23-10-17-20-21-23/h4-8,10,12H,9H2,1-3H3,(H,18,24)/t12-/m1/s1. The highest BCUT2D eigenvalue weighted by atomic mass is 16.1. The Hall–Kier alpha value is -3.03. The zero-order valence-electron chi connectivity index (χ0n) is 13.8. The summed E-state index contributed by atoms with van der Waals surface area (Å²) in [4.78, 5) is 12.3. The van der Waals surface area contributed by atoms with E-state index < -0.39 is 0 Å². The molecule has 0 unspecified atom stereocenters. The summed E-state index contributed by atoms with van der Waals surface area (Å²) in [5.74, 6) is -0.118. The minimum Gasteiger partial charge on any atom is -0.348 e. The van der Waals surface area contributed by atoms with Gasteiger partial charge in [-0.25, -0.2) is 4.68 Å². The zero-order chi connectivity index (χ0) is 17.1. The summed E-state index contributed by atoms with van der Waals surface area (Å²) in [6.45, 7) is 6.56. The van der Waals surface area contributed by atoms with E-state index in [1.807, 2.05) is 31.5 Å². The van der Waals surface area contributed by atoms with Crippen LogP contribution in [-0.4, -0.2) is 41.9 Å². The number of tetrazole rings is 1. The molecule has 0 saturated heterocycles. The lowest BCUT2D eigenvalue weighted by Gasteiger charge is -2.15. The molecule has 8 nitrogen and oxygen atoms in total. The number of aromatic nitrogens is 6. The van der Waals surface area contributed by atoms with Crippen molar-refractivity contribution < 1.29 is 4.79 Å². The molecule has 0 saturated carbocycles. The number of aryl methyl sites for hydroxylation is 2. The van der Waals surface area contributed by atoms with Crippen molar-refractivity contribution in [1.29, 1.82) is 0 Å². The second-order valence-corrected chi connectivity index (χ2v) is 5.78. The number of amides is 1. The summed E-state index contributed by atoms with van der Waals surface area (Å²) in [5.41, 5.74) is 3.45. The van der Waals surface area contributed by atoms with Gasteiger partial charge in [-0.3, -0.25) is 9.48 Å². The van der Waals surface area contributed by atoms with Crippen molar-refractivity contribution in [3.05, 3.63) is 53.6 Å². The Bertz CT molecular complexity index is 821.